The molecule has 5 heteroatoms. The molecule has 0 bridgehead atoms. The van der Waals surface area contributed by atoms with Gasteiger partial charge in [0, 0.05) is 16.7 Å². The maximum atomic E-state index is 4.22. The van der Waals surface area contributed by atoms with Gasteiger partial charge in [0.25, 0.3) is 0 Å². The highest BCUT2D eigenvalue weighted by molar-refractivity contribution is 9.10. The van der Waals surface area contributed by atoms with Gasteiger partial charge < -0.3 is 5.32 Å². The van der Waals surface area contributed by atoms with Gasteiger partial charge in [-0.25, -0.2) is 0 Å². The molecule has 3 rings (SSSR count). The average molecular weight is 331 g/mol. The molecule has 0 radical (unpaired) electrons. The number of benzene rings is 1. The third-order valence-electron chi connectivity index (χ3n) is 3.32. The van der Waals surface area contributed by atoms with Crippen molar-refractivity contribution in [2.24, 2.45) is 0 Å². The Labute approximate surface area is 126 Å². The Kier molecular flexibility index (Phi) is 3.80. The molecule has 1 aromatic carbocycles. The van der Waals surface area contributed by atoms with Crippen molar-refractivity contribution in [2.75, 3.05) is 0 Å². The minimum Gasteiger partial charge on any atom is -0.303 e. The number of hydrogen-bond acceptors (Lipinski definition) is 3. The number of pyridine rings is 1. The van der Waals surface area contributed by atoms with Crippen LogP contribution in [0.2, 0.25) is 0 Å². The van der Waals surface area contributed by atoms with E-state index in [0.29, 0.717) is 6.54 Å². The summed E-state index contributed by atoms with van der Waals surface area (Å²) in [5.41, 5.74) is 2.11. The second kappa shape index (κ2) is 5.73. The van der Waals surface area contributed by atoms with E-state index in [4.69, 9.17) is 0 Å². The summed E-state index contributed by atoms with van der Waals surface area (Å²) in [5, 5.41) is 11.9. The van der Waals surface area contributed by atoms with Gasteiger partial charge >= 0.3 is 0 Å². The minimum atomic E-state index is 0.238. The minimum absolute atomic E-state index is 0.238. The van der Waals surface area contributed by atoms with Crippen LogP contribution in [0.5, 0.6) is 0 Å². The van der Waals surface area contributed by atoms with Crippen LogP contribution in [-0.2, 0) is 6.54 Å². The topological polar surface area (TPSA) is 42.2 Å². The van der Waals surface area contributed by atoms with Crippen LogP contribution in [0.25, 0.3) is 5.65 Å². The van der Waals surface area contributed by atoms with Gasteiger partial charge in [0.2, 0.25) is 0 Å². The number of fused-ring (bicyclic) bond motifs is 1. The van der Waals surface area contributed by atoms with Crippen LogP contribution < -0.4 is 5.32 Å². The van der Waals surface area contributed by atoms with E-state index in [2.05, 4.69) is 50.5 Å². The van der Waals surface area contributed by atoms with Gasteiger partial charge in [0.1, 0.15) is 0 Å². The molecule has 0 aliphatic rings. The molecule has 1 atom stereocenters. The second-order valence-electron chi connectivity index (χ2n) is 4.67. The maximum absolute atomic E-state index is 4.22. The normalized spacial score (nSPS) is 12.7. The van der Waals surface area contributed by atoms with Crippen molar-refractivity contribution in [3.63, 3.8) is 0 Å². The Morgan fingerprint density at radius 1 is 1.15 bits per heavy atom. The van der Waals surface area contributed by atoms with Crippen LogP contribution in [0.4, 0.5) is 0 Å². The molecule has 102 valence electrons. The largest absolute Gasteiger partial charge is 0.303 e. The van der Waals surface area contributed by atoms with E-state index >= 15 is 0 Å². The zero-order chi connectivity index (χ0) is 13.9. The fourth-order valence-electron chi connectivity index (χ4n) is 2.19. The van der Waals surface area contributed by atoms with Crippen LogP contribution in [0.1, 0.15) is 24.4 Å². The van der Waals surface area contributed by atoms with Crippen molar-refractivity contribution in [3.05, 3.63) is 64.5 Å². The fraction of sp³-hybridized carbons (Fsp3) is 0.200. The van der Waals surface area contributed by atoms with Crippen LogP contribution in [-0.4, -0.2) is 14.6 Å². The Morgan fingerprint density at radius 3 is 2.80 bits per heavy atom. The number of aromatic nitrogens is 3. The lowest BCUT2D eigenvalue weighted by Crippen LogP contribution is -2.20. The summed E-state index contributed by atoms with van der Waals surface area (Å²) < 4.78 is 3.12. The summed E-state index contributed by atoms with van der Waals surface area (Å²) in [5.74, 6) is 0.916. The second-order valence-corrected chi connectivity index (χ2v) is 5.52. The Morgan fingerprint density at radius 2 is 1.95 bits per heavy atom. The lowest BCUT2D eigenvalue weighted by atomic mass is 10.1. The molecule has 2 heterocycles. The van der Waals surface area contributed by atoms with Crippen LogP contribution in [0, 0.1) is 0 Å². The van der Waals surface area contributed by atoms with Gasteiger partial charge in [-0.1, -0.05) is 40.2 Å². The zero-order valence-electron chi connectivity index (χ0n) is 11.1. The van der Waals surface area contributed by atoms with Gasteiger partial charge in [-0.2, -0.15) is 0 Å². The summed E-state index contributed by atoms with van der Waals surface area (Å²) in [6.45, 7) is 2.82. The Bertz CT molecular complexity index is 722. The van der Waals surface area contributed by atoms with E-state index in [-0.39, 0.29) is 6.04 Å². The highest BCUT2D eigenvalue weighted by Crippen LogP contribution is 2.22. The molecule has 0 saturated heterocycles. The van der Waals surface area contributed by atoms with Crippen molar-refractivity contribution in [1.29, 1.82) is 0 Å². The molecule has 0 aliphatic heterocycles. The van der Waals surface area contributed by atoms with Gasteiger partial charge in [0.05, 0.1) is 6.54 Å². The molecule has 1 N–H and O–H groups in total. The highest BCUT2D eigenvalue weighted by Gasteiger charge is 2.10. The van der Waals surface area contributed by atoms with E-state index in [1.165, 1.54) is 5.56 Å². The van der Waals surface area contributed by atoms with Gasteiger partial charge in [0.15, 0.2) is 11.5 Å². The van der Waals surface area contributed by atoms with Gasteiger partial charge in [-0.05, 0) is 30.7 Å². The first-order valence-corrected chi connectivity index (χ1v) is 7.31. The molecule has 1 unspecified atom stereocenters. The van der Waals surface area contributed by atoms with E-state index in [0.717, 1.165) is 15.9 Å². The molecule has 3 aromatic rings. The predicted octanol–water partition coefficient (Wildman–Crippen LogP) is 3.34. The molecule has 0 fully saturated rings. The quantitative estimate of drug-likeness (QED) is 0.797. The third-order valence-corrected chi connectivity index (χ3v) is 4.04. The molecule has 0 aliphatic carbocycles. The number of halogens is 1. The maximum Gasteiger partial charge on any atom is 0.160 e. The smallest absolute Gasteiger partial charge is 0.160 e. The lowest BCUT2D eigenvalue weighted by molar-refractivity contribution is 0.555. The molecule has 2 aromatic heterocycles. The first-order valence-electron chi connectivity index (χ1n) is 6.52. The van der Waals surface area contributed by atoms with E-state index in [9.17, 15) is 0 Å². The van der Waals surface area contributed by atoms with Crippen molar-refractivity contribution in [1.82, 2.24) is 19.9 Å². The molecule has 0 amide bonds. The first kappa shape index (κ1) is 13.3. The summed E-state index contributed by atoms with van der Waals surface area (Å²) in [4.78, 5) is 0. The number of nitrogens with zero attached hydrogens (tertiary/aromatic N) is 3. The van der Waals surface area contributed by atoms with Crippen LogP contribution >= 0.6 is 15.9 Å². The average Bonchev–Trinajstić information content (AvgIpc) is 2.88. The molecule has 4 nitrogen and oxygen atoms in total. The molecular weight excluding hydrogens is 316 g/mol. The summed E-state index contributed by atoms with van der Waals surface area (Å²) >= 11 is 3.58. The Balaban J connectivity index is 1.75. The van der Waals surface area contributed by atoms with Gasteiger partial charge in [-0.15, -0.1) is 10.2 Å². The van der Waals surface area contributed by atoms with Crippen molar-refractivity contribution >= 4 is 21.6 Å². The predicted molar refractivity (Wildman–Crippen MR) is 82.4 cm³/mol. The highest BCUT2D eigenvalue weighted by atomic mass is 79.9. The fourth-order valence-corrected chi connectivity index (χ4v) is 2.82. The summed E-state index contributed by atoms with van der Waals surface area (Å²) in [6, 6.07) is 14.4. The van der Waals surface area contributed by atoms with Crippen LogP contribution in [0.15, 0.2) is 53.1 Å². The number of rotatable bonds is 4. The van der Waals surface area contributed by atoms with E-state index < -0.39 is 0 Å². The Hall–Kier alpha value is -1.72. The van der Waals surface area contributed by atoms with Crippen molar-refractivity contribution in [3.8, 4) is 0 Å². The standard InChI is InChI=1S/C15H15BrN4/c1-11(12-6-2-3-7-13(12)16)17-10-15-19-18-14-8-4-5-9-20(14)15/h2-9,11,17H,10H2,1H3. The lowest BCUT2D eigenvalue weighted by Gasteiger charge is -2.15. The van der Waals surface area contributed by atoms with E-state index in [1.807, 2.05) is 40.9 Å². The van der Waals surface area contributed by atoms with Gasteiger partial charge in [-0.3, -0.25) is 4.40 Å². The molecule has 0 spiro atoms. The number of nitrogens with one attached hydrogen (secondary N) is 1. The summed E-state index contributed by atoms with van der Waals surface area (Å²) in [6.07, 6.45) is 1.98. The third kappa shape index (κ3) is 2.59. The monoisotopic (exact) mass is 330 g/mol. The molecule has 0 saturated carbocycles. The van der Waals surface area contributed by atoms with Crippen molar-refractivity contribution < 1.29 is 0 Å². The van der Waals surface area contributed by atoms with Crippen LogP contribution in [0.3, 0.4) is 0 Å². The SMILES string of the molecule is CC(NCc1nnc2ccccn12)c1ccccc1Br. The van der Waals surface area contributed by atoms with Crippen molar-refractivity contribution in [2.45, 2.75) is 19.5 Å². The van der Waals surface area contributed by atoms with E-state index in [1.54, 1.807) is 0 Å². The zero-order valence-corrected chi connectivity index (χ0v) is 12.7. The summed E-state index contributed by atoms with van der Waals surface area (Å²) in [7, 11) is 0. The molecule has 20 heavy (non-hydrogen) atoms. The number of hydrogen-bond donors (Lipinski definition) is 1. The first-order chi connectivity index (χ1) is 9.75. The molecular formula is C15H15BrN4.